The van der Waals surface area contributed by atoms with Crippen LogP contribution >= 0.6 is 0 Å². The Labute approximate surface area is 159 Å². The lowest BCUT2D eigenvalue weighted by Gasteiger charge is -2.30. The van der Waals surface area contributed by atoms with E-state index >= 15 is 0 Å². The molecule has 0 spiro atoms. The van der Waals surface area contributed by atoms with Crippen molar-refractivity contribution in [3.05, 3.63) is 47.3 Å². The minimum absolute atomic E-state index is 0.00967. The third kappa shape index (κ3) is 4.32. The van der Waals surface area contributed by atoms with E-state index in [4.69, 9.17) is 5.26 Å². The Hall–Kier alpha value is -3.32. The summed E-state index contributed by atoms with van der Waals surface area (Å²) in [6.07, 6.45) is 2.56. The number of carbonyl (C=O) groups excluding carboxylic acids is 2. The van der Waals surface area contributed by atoms with E-state index in [1.54, 1.807) is 0 Å². The molecule has 2 amide bonds. The van der Waals surface area contributed by atoms with Crippen LogP contribution in [0.4, 0.5) is 14.5 Å². The summed E-state index contributed by atoms with van der Waals surface area (Å²) in [7, 11) is 0. The number of carbonyl (C=O) groups is 2. The van der Waals surface area contributed by atoms with Gasteiger partial charge >= 0.3 is 0 Å². The van der Waals surface area contributed by atoms with Crippen LogP contribution in [0.5, 0.6) is 0 Å². The normalized spacial score (nSPS) is 15.0. The number of likely N-dealkylation sites (tertiary alicyclic amines) is 1. The molecular weight excluding hydrogens is 370 g/mol. The first-order chi connectivity index (χ1) is 13.5. The number of benzene rings is 1. The molecule has 1 aromatic heterocycles. The molecule has 1 aliphatic rings. The zero-order valence-electron chi connectivity index (χ0n) is 14.8. The van der Waals surface area contributed by atoms with Crippen LogP contribution in [0.25, 0.3) is 0 Å². The summed E-state index contributed by atoms with van der Waals surface area (Å²) in [5, 5.41) is 20.1. The molecule has 0 atom stereocenters. The summed E-state index contributed by atoms with van der Waals surface area (Å²) < 4.78 is 27.5. The number of nitrogens with one attached hydrogen (secondary N) is 3. The average Bonchev–Trinajstić information content (AvgIpc) is 3.11. The number of rotatable bonds is 5. The number of hydrogen-bond acceptors (Lipinski definition) is 5. The second-order valence-electron chi connectivity index (χ2n) is 6.39. The highest BCUT2D eigenvalue weighted by Crippen LogP contribution is 2.18. The van der Waals surface area contributed by atoms with Gasteiger partial charge in [0.1, 0.15) is 22.9 Å². The molecule has 2 aromatic rings. The van der Waals surface area contributed by atoms with Crippen LogP contribution in [0.2, 0.25) is 0 Å². The summed E-state index contributed by atoms with van der Waals surface area (Å²) in [6, 6.07) is 5.11. The highest BCUT2D eigenvalue weighted by molar-refractivity contribution is 6.08. The van der Waals surface area contributed by atoms with E-state index in [1.165, 1.54) is 6.20 Å². The van der Waals surface area contributed by atoms with Gasteiger partial charge in [0.2, 0.25) is 0 Å². The van der Waals surface area contributed by atoms with Crippen LogP contribution in [-0.4, -0.2) is 52.6 Å². The average molecular weight is 388 g/mol. The third-order valence-corrected chi connectivity index (χ3v) is 4.52. The van der Waals surface area contributed by atoms with Crippen molar-refractivity contribution in [1.29, 1.82) is 5.26 Å². The van der Waals surface area contributed by atoms with E-state index in [1.807, 2.05) is 4.90 Å². The molecule has 10 heteroatoms. The van der Waals surface area contributed by atoms with Gasteiger partial charge in [-0.3, -0.25) is 19.6 Å². The number of nitriles is 1. The zero-order chi connectivity index (χ0) is 20.1. The SMILES string of the molecule is N#CCN1CCC(NC(=O)c2[nH]ncc2NC(=O)c2c(F)cccc2F)CC1. The molecule has 0 unspecified atom stereocenters. The van der Waals surface area contributed by atoms with Crippen molar-refractivity contribution in [1.82, 2.24) is 20.4 Å². The van der Waals surface area contributed by atoms with Gasteiger partial charge in [-0.25, -0.2) is 8.78 Å². The molecule has 1 aliphatic heterocycles. The quantitative estimate of drug-likeness (QED) is 0.674. The maximum absolute atomic E-state index is 13.8. The number of aromatic amines is 1. The van der Waals surface area contributed by atoms with Crippen LogP contribution in [-0.2, 0) is 0 Å². The van der Waals surface area contributed by atoms with Gasteiger partial charge in [0, 0.05) is 19.1 Å². The summed E-state index contributed by atoms with van der Waals surface area (Å²) in [6.45, 7) is 1.74. The van der Waals surface area contributed by atoms with Crippen molar-refractivity contribution in [2.75, 3.05) is 25.0 Å². The number of piperidine rings is 1. The second-order valence-corrected chi connectivity index (χ2v) is 6.39. The smallest absolute Gasteiger partial charge is 0.271 e. The second kappa shape index (κ2) is 8.58. The molecule has 8 nitrogen and oxygen atoms in total. The van der Waals surface area contributed by atoms with E-state index in [9.17, 15) is 18.4 Å². The summed E-state index contributed by atoms with van der Waals surface area (Å²) in [5.74, 6) is -3.51. The fraction of sp³-hybridized carbons (Fsp3) is 0.333. The van der Waals surface area contributed by atoms with E-state index < -0.39 is 29.0 Å². The standard InChI is InChI=1S/C18H18F2N6O2/c19-12-2-1-3-13(20)15(12)17(27)24-14-10-22-25-16(14)18(28)23-11-4-7-26(8-5-11)9-6-21/h1-3,10-11H,4-5,7-9H2,(H,22,25)(H,23,28)(H,24,27). The van der Waals surface area contributed by atoms with Crippen LogP contribution in [0.15, 0.2) is 24.4 Å². The molecule has 0 aliphatic carbocycles. The van der Waals surface area contributed by atoms with Crippen LogP contribution < -0.4 is 10.6 Å². The van der Waals surface area contributed by atoms with E-state index in [-0.39, 0.29) is 17.4 Å². The van der Waals surface area contributed by atoms with Gasteiger partial charge < -0.3 is 10.6 Å². The number of nitrogens with zero attached hydrogens (tertiary/aromatic N) is 3. The summed E-state index contributed by atoms with van der Waals surface area (Å²) >= 11 is 0. The molecule has 1 fully saturated rings. The maximum atomic E-state index is 13.8. The third-order valence-electron chi connectivity index (χ3n) is 4.52. The monoisotopic (exact) mass is 388 g/mol. The highest BCUT2D eigenvalue weighted by atomic mass is 19.1. The fourth-order valence-corrected chi connectivity index (χ4v) is 3.05. The summed E-state index contributed by atoms with van der Waals surface area (Å²) in [5.41, 5.74) is -0.725. The number of hydrogen-bond donors (Lipinski definition) is 3. The lowest BCUT2D eigenvalue weighted by molar-refractivity contribution is 0.0910. The predicted octanol–water partition coefficient (Wildman–Crippen LogP) is 1.66. The number of halogens is 2. The molecule has 0 radical (unpaired) electrons. The van der Waals surface area contributed by atoms with E-state index in [0.29, 0.717) is 32.5 Å². The summed E-state index contributed by atoms with van der Waals surface area (Å²) in [4.78, 5) is 26.7. The molecule has 1 saturated heterocycles. The number of amides is 2. The predicted molar refractivity (Wildman–Crippen MR) is 95.4 cm³/mol. The zero-order valence-corrected chi connectivity index (χ0v) is 14.8. The van der Waals surface area contributed by atoms with Crippen molar-refractivity contribution in [3.63, 3.8) is 0 Å². The van der Waals surface area contributed by atoms with Gasteiger partial charge in [-0.1, -0.05) is 6.07 Å². The minimum atomic E-state index is -1.02. The molecule has 146 valence electrons. The number of H-pyrrole nitrogens is 1. The first kappa shape index (κ1) is 19.4. The van der Waals surface area contributed by atoms with Gasteiger partial charge in [0.25, 0.3) is 11.8 Å². The Morgan fingerprint density at radius 2 is 1.93 bits per heavy atom. The van der Waals surface area contributed by atoms with Gasteiger partial charge in [0.05, 0.1) is 24.5 Å². The molecule has 0 saturated carbocycles. The van der Waals surface area contributed by atoms with Crippen LogP contribution in [0, 0.1) is 23.0 Å². The van der Waals surface area contributed by atoms with Crippen molar-refractivity contribution < 1.29 is 18.4 Å². The first-order valence-corrected chi connectivity index (χ1v) is 8.68. The number of anilines is 1. The first-order valence-electron chi connectivity index (χ1n) is 8.68. The largest absolute Gasteiger partial charge is 0.348 e. The highest BCUT2D eigenvalue weighted by Gasteiger charge is 2.24. The van der Waals surface area contributed by atoms with Gasteiger partial charge in [0.15, 0.2) is 0 Å². The Morgan fingerprint density at radius 1 is 1.25 bits per heavy atom. The topological polar surface area (TPSA) is 114 Å². The molecule has 3 rings (SSSR count). The van der Waals surface area contributed by atoms with E-state index in [0.717, 1.165) is 18.2 Å². The lowest BCUT2D eigenvalue weighted by Crippen LogP contribution is -2.44. The molecule has 28 heavy (non-hydrogen) atoms. The van der Waals surface area contributed by atoms with Crippen molar-refractivity contribution in [2.24, 2.45) is 0 Å². The minimum Gasteiger partial charge on any atom is -0.348 e. The van der Waals surface area contributed by atoms with Crippen LogP contribution in [0.3, 0.4) is 0 Å². The van der Waals surface area contributed by atoms with Crippen molar-refractivity contribution in [2.45, 2.75) is 18.9 Å². The van der Waals surface area contributed by atoms with Crippen molar-refractivity contribution in [3.8, 4) is 6.07 Å². The van der Waals surface area contributed by atoms with Gasteiger partial charge in [-0.15, -0.1) is 0 Å². The Morgan fingerprint density at radius 3 is 2.57 bits per heavy atom. The van der Waals surface area contributed by atoms with Gasteiger partial charge in [-0.2, -0.15) is 10.4 Å². The molecule has 0 bridgehead atoms. The van der Waals surface area contributed by atoms with Crippen LogP contribution in [0.1, 0.15) is 33.7 Å². The number of aromatic nitrogens is 2. The molecule has 3 N–H and O–H groups in total. The Kier molecular flexibility index (Phi) is 5.96. The fourth-order valence-electron chi connectivity index (χ4n) is 3.05. The maximum Gasteiger partial charge on any atom is 0.271 e. The molecular formula is C18H18F2N6O2. The molecule has 2 heterocycles. The van der Waals surface area contributed by atoms with Gasteiger partial charge in [-0.05, 0) is 25.0 Å². The van der Waals surface area contributed by atoms with Crippen molar-refractivity contribution >= 4 is 17.5 Å². The van der Waals surface area contributed by atoms with E-state index in [2.05, 4.69) is 26.9 Å². The Balaban J connectivity index is 1.64. The Bertz CT molecular complexity index is 895. The molecule has 1 aromatic carbocycles. The lowest BCUT2D eigenvalue weighted by atomic mass is 10.0.